The molecule has 4 nitrogen and oxygen atoms in total. The van der Waals surface area contributed by atoms with Crippen LogP contribution in [0.3, 0.4) is 0 Å². The van der Waals surface area contributed by atoms with Gasteiger partial charge in [-0.2, -0.15) is 0 Å². The zero-order chi connectivity index (χ0) is 15.5. The van der Waals surface area contributed by atoms with Gasteiger partial charge in [0.05, 0.1) is 5.25 Å². The average molecular weight is 312 g/mol. The number of hydrogen-bond acceptors (Lipinski definition) is 3. The third-order valence-corrected chi connectivity index (χ3v) is 4.96. The number of primary amides is 1. The van der Waals surface area contributed by atoms with Crippen molar-refractivity contribution in [2.75, 3.05) is 0 Å². The van der Waals surface area contributed by atoms with Crippen LogP contribution in [0.2, 0.25) is 0 Å². The molecule has 0 aliphatic carbocycles. The zero-order valence-corrected chi connectivity index (χ0v) is 12.7. The number of rotatable bonds is 4. The van der Waals surface area contributed by atoms with E-state index in [2.05, 4.69) is 17.4 Å². The topological polar surface area (TPSA) is 72.2 Å². The Kier molecular flexibility index (Phi) is 4.15. The predicted molar refractivity (Wildman–Crippen MR) is 86.6 cm³/mol. The summed E-state index contributed by atoms with van der Waals surface area (Å²) in [6.45, 7) is 0.450. The van der Waals surface area contributed by atoms with Crippen LogP contribution >= 0.6 is 11.8 Å². The first-order valence-corrected chi connectivity index (χ1v) is 7.92. The van der Waals surface area contributed by atoms with Gasteiger partial charge in [0.25, 0.3) is 0 Å². The smallest absolute Gasteiger partial charge is 0.248 e. The van der Waals surface area contributed by atoms with Gasteiger partial charge in [-0.15, -0.1) is 11.8 Å². The highest BCUT2D eigenvalue weighted by atomic mass is 32.2. The number of hydrogen-bond donors (Lipinski definition) is 2. The van der Waals surface area contributed by atoms with E-state index in [1.165, 1.54) is 10.5 Å². The molecule has 1 atom stereocenters. The summed E-state index contributed by atoms with van der Waals surface area (Å²) in [4.78, 5) is 24.5. The maximum Gasteiger partial charge on any atom is 0.248 e. The predicted octanol–water partition coefficient (Wildman–Crippen LogP) is 2.12. The Morgan fingerprint density at radius 1 is 1.14 bits per heavy atom. The highest BCUT2D eigenvalue weighted by Gasteiger charge is 2.27. The molecule has 0 radical (unpaired) electrons. The van der Waals surface area contributed by atoms with E-state index in [1.807, 2.05) is 12.1 Å². The Hall–Kier alpha value is -2.27. The maximum absolute atomic E-state index is 12.3. The van der Waals surface area contributed by atoms with E-state index in [0.29, 0.717) is 12.1 Å². The van der Waals surface area contributed by atoms with Crippen LogP contribution in [0.5, 0.6) is 0 Å². The molecule has 0 aromatic heterocycles. The van der Waals surface area contributed by atoms with Crippen LogP contribution in [0, 0.1) is 0 Å². The van der Waals surface area contributed by atoms with Gasteiger partial charge >= 0.3 is 0 Å². The number of thioether (sulfide) groups is 1. The number of carbonyl (C=O) groups is 2. The van der Waals surface area contributed by atoms with E-state index in [1.54, 1.807) is 36.0 Å². The molecule has 112 valence electrons. The summed E-state index contributed by atoms with van der Waals surface area (Å²) in [7, 11) is 0. The first kappa shape index (κ1) is 14.7. The number of fused-ring (bicyclic) bond motifs is 1. The van der Waals surface area contributed by atoms with Crippen molar-refractivity contribution in [1.29, 1.82) is 0 Å². The van der Waals surface area contributed by atoms with Crippen molar-refractivity contribution in [2.24, 2.45) is 5.73 Å². The number of nitrogens with two attached hydrogens (primary N) is 1. The Balaban J connectivity index is 1.56. The van der Waals surface area contributed by atoms with E-state index in [4.69, 9.17) is 5.73 Å². The molecule has 2 aromatic carbocycles. The number of benzene rings is 2. The Morgan fingerprint density at radius 2 is 1.86 bits per heavy atom. The summed E-state index contributed by atoms with van der Waals surface area (Å²) in [5.41, 5.74) is 7.85. The molecular weight excluding hydrogens is 296 g/mol. The summed E-state index contributed by atoms with van der Waals surface area (Å²) >= 11 is 1.61. The van der Waals surface area contributed by atoms with Crippen molar-refractivity contribution in [1.82, 2.24) is 5.32 Å². The summed E-state index contributed by atoms with van der Waals surface area (Å²) < 4.78 is 0. The monoisotopic (exact) mass is 312 g/mol. The highest BCUT2D eigenvalue weighted by Crippen LogP contribution is 2.36. The second kappa shape index (κ2) is 6.23. The fourth-order valence-corrected chi connectivity index (χ4v) is 3.64. The number of amides is 2. The van der Waals surface area contributed by atoms with Gasteiger partial charge in [0.15, 0.2) is 0 Å². The van der Waals surface area contributed by atoms with Crippen LogP contribution in [0.4, 0.5) is 0 Å². The molecule has 1 aliphatic heterocycles. The van der Waals surface area contributed by atoms with Gasteiger partial charge in [-0.1, -0.05) is 30.3 Å². The molecule has 3 rings (SSSR count). The summed E-state index contributed by atoms with van der Waals surface area (Å²) in [6.07, 6.45) is 0.771. The van der Waals surface area contributed by atoms with Crippen molar-refractivity contribution in [3.8, 4) is 0 Å². The Bertz CT molecular complexity index is 688. The van der Waals surface area contributed by atoms with E-state index in [9.17, 15) is 9.59 Å². The van der Waals surface area contributed by atoms with Crippen molar-refractivity contribution >= 4 is 23.6 Å². The minimum Gasteiger partial charge on any atom is -0.366 e. The average Bonchev–Trinajstić information content (AvgIpc) is 2.97. The van der Waals surface area contributed by atoms with Gasteiger partial charge in [0.1, 0.15) is 0 Å². The molecule has 2 amide bonds. The Morgan fingerprint density at radius 3 is 2.55 bits per heavy atom. The SMILES string of the molecule is NC(=O)c1ccc(CNC(=O)[C@H]2Cc3ccccc3S2)cc1. The zero-order valence-electron chi connectivity index (χ0n) is 11.9. The molecule has 1 aliphatic rings. The molecule has 5 heteroatoms. The molecule has 0 saturated heterocycles. The molecule has 0 bridgehead atoms. The lowest BCUT2D eigenvalue weighted by Gasteiger charge is -2.10. The van der Waals surface area contributed by atoms with E-state index in [0.717, 1.165) is 12.0 Å². The van der Waals surface area contributed by atoms with Gasteiger partial charge < -0.3 is 11.1 Å². The standard InChI is InChI=1S/C17H16N2O2S/c18-16(20)12-7-5-11(6-8-12)10-19-17(21)15-9-13-3-1-2-4-14(13)22-15/h1-8,15H,9-10H2,(H2,18,20)(H,19,21)/t15-/m1/s1. The van der Waals surface area contributed by atoms with Crippen molar-refractivity contribution < 1.29 is 9.59 Å². The number of nitrogens with one attached hydrogen (secondary N) is 1. The fraction of sp³-hybridized carbons (Fsp3) is 0.176. The molecule has 0 unspecified atom stereocenters. The third-order valence-electron chi connectivity index (χ3n) is 3.64. The van der Waals surface area contributed by atoms with Gasteiger partial charge in [-0.25, -0.2) is 0 Å². The third kappa shape index (κ3) is 3.14. The minimum absolute atomic E-state index is 0.0418. The quantitative estimate of drug-likeness (QED) is 0.908. The van der Waals surface area contributed by atoms with Crippen LogP contribution in [0.1, 0.15) is 21.5 Å². The van der Waals surface area contributed by atoms with Gasteiger partial charge in [0, 0.05) is 17.0 Å². The molecule has 2 aromatic rings. The Labute approximate surface area is 133 Å². The normalized spacial score (nSPS) is 16.1. The second-order valence-corrected chi connectivity index (χ2v) is 6.44. The molecule has 0 saturated carbocycles. The van der Waals surface area contributed by atoms with Crippen molar-refractivity contribution in [2.45, 2.75) is 23.1 Å². The molecular formula is C17H16N2O2S. The molecule has 0 spiro atoms. The summed E-state index contributed by atoms with van der Waals surface area (Å²) in [5.74, 6) is -0.407. The summed E-state index contributed by atoms with van der Waals surface area (Å²) in [5, 5.41) is 2.88. The molecule has 1 heterocycles. The maximum atomic E-state index is 12.3. The van der Waals surface area contributed by atoms with E-state index in [-0.39, 0.29) is 11.2 Å². The number of carbonyl (C=O) groups excluding carboxylic acids is 2. The van der Waals surface area contributed by atoms with Crippen LogP contribution in [-0.4, -0.2) is 17.1 Å². The lowest BCUT2D eigenvalue weighted by Crippen LogP contribution is -2.32. The van der Waals surface area contributed by atoms with Crippen LogP contribution in [-0.2, 0) is 17.8 Å². The van der Waals surface area contributed by atoms with Crippen LogP contribution < -0.4 is 11.1 Å². The lowest BCUT2D eigenvalue weighted by molar-refractivity contribution is -0.120. The van der Waals surface area contributed by atoms with Gasteiger partial charge in [-0.3, -0.25) is 9.59 Å². The molecule has 3 N–H and O–H groups in total. The van der Waals surface area contributed by atoms with Crippen molar-refractivity contribution in [3.05, 3.63) is 65.2 Å². The largest absolute Gasteiger partial charge is 0.366 e. The van der Waals surface area contributed by atoms with Gasteiger partial charge in [0.2, 0.25) is 11.8 Å². The van der Waals surface area contributed by atoms with Crippen molar-refractivity contribution in [3.63, 3.8) is 0 Å². The molecule has 22 heavy (non-hydrogen) atoms. The minimum atomic E-state index is -0.448. The van der Waals surface area contributed by atoms with E-state index < -0.39 is 5.91 Å². The first-order chi connectivity index (χ1) is 10.6. The van der Waals surface area contributed by atoms with Crippen LogP contribution in [0.15, 0.2) is 53.4 Å². The van der Waals surface area contributed by atoms with E-state index >= 15 is 0 Å². The van der Waals surface area contributed by atoms with Gasteiger partial charge in [-0.05, 0) is 35.7 Å². The fourth-order valence-electron chi connectivity index (χ4n) is 2.42. The lowest BCUT2D eigenvalue weighted by atomic mass is 10.1. The first-order valence-electron chi connectivity index (χ1n) is 7.04. The highest BCUT2D eigenvalue weighted by molar-refractivity contribution is 8.01. The van der Waals surface area contributed by atoms with Crippen LogP contribution in [0.25, 0.3) is 0 Å². The summed E-state index contributed by atoms with van der Waals surface area (Å²) in [6, 6.07) is 15.1. The molecule has 0 fully saturated rings. The second-order valence-electron chi connectivity index (χ2n) is 5.20.